The Bertz CT molecular complexity index is 1270. The monoisotopic (exact) mass is 503 g/mol. The quantitative estimate of drug-likeness (QED) is 0.356. The lowest BCUT2D eigenvalue weighted by molar-refractivity contribution is 0.0694. The van der Waals surface area contributed by atoms with E-state index in [0.717, 1.165) is 18.9 Å². The van der Waals surface area contributed by atoms with Crippen LogP contribution in [0.5, 0.6) is 0 Å². The molecule has 6 N–H and O–H groups in total. The van der Waals surface area contributed by atoms with Gasteiger partial charge >= 0.3 is 5.97 Å². The zero-order chi connectivity index (χ0) is 24.5. The van der Waals surface area contributed by atoms with Crippen LogP contribution in [-0.2, 0) is 15.0 Å². The summed E-state index contributed by atoms with van der Waals surface area (Å²) in [4.78, 5) is 34.9. The van der Waals surface area contributed by atoms with Crippen LogP contribution >= 0.6 is 0 Å². The van der Waals surface area contributed by atoms with Gasteiger partial charge < -0.3 is 30.6 Å². The molecular weight excluding hydrogens is 477 g/mol. The number of fused-ring (bicyclic) bond motifs is 1. The molecule has 0 spiro atoms. The number of oxime groups is 1. The van der Waals surface area contributed by atoms with Crippen LogP contribution in [0.1, 0.15) is 29.2 Å². The summed E-state index contributed by atoms with van der Waals surface area (Å²) in [6.45, 7) is 1.07. The van der Waals surface area contributed by atoms with Gasteiger partial charge in [-0.25, -0.2) is 14.2 Å². The highest BCUT2D eigenvalue weighted by molar-refractivity contribution is 7.85. The predicted octanol–water partition coefficient (Wildman–Crippen LogP) is -0.355. The minimum atomic E-state index is -3.67. The number of carboxylic acids is 1. The van der Waals surface area contributed by atoms with E-state index in [1.165, 1.54) is 13.3 Å². The van der Waals surface area contributed by atoms with Crippen LogP contribution in [0.25, 0.3) is 11.0 Å². The summed E-state index contributed by atoms with van der Waals surface area (Å²) in [5.74, 6) is -2.03. The average molecular weight is 504 g/mol. The zero-order valence-corrected chi connectivity index (χ0v) is 19.2. The molecule has 34 heavy (non-hydrogen) atoms. The first-order valence-corrected chi connectivity index (χ1v) is 11.8. The van der Waals surface area contributed by atoms with Gasteiger partial charge in [0.15, 0.2) is 11.6 Å². The maximum Gasteiger partial charge on any atom is 0.341 e. The highest BCUT2D eigenvalue weighted by atomic mass is 32.2. The fraction of sp³-hybridized carbons (Fsp3) is 0.474. The highest BCUT2D eigenvalue weighted by Gasteiger charge is 2.33. The third-order valence-electron chi connectivity index (χ3n) is 5.17. The van der Waals surface area contributed by atoms with Gasteiger partial charge in [0.1, 0.15) is 18.3 Å². The van der Waals surface area contributed by atoms with Crippen LogP contribution in [0.15, 0.2) is 22.2 Å². The number of aromatic nitrogens is 2. The summed E-state index contributed by atoms with van der Waals surface area (Å²) >= 11 is 0. The molecule has 0 aromatic carbocycles. The number of pyridine rings is 2. The molecule has 1 unspecified atom stereocenters. The average Bonchev–Trinajstić information content (AvgIpc) is 3.47. The van der Waals surface area contributed by atoms with E-state index in [0.29, 0.717) is 31.6 Å². The van der Waals surface area contributed by atoms with Crippen molar-refractivity contribution in [2.24, 2.45) is 16.8 Å². The van der Waals surface area contributed by atoms with Crippen molar-refractivity contribution in [2.75, 3.05) is 37.9 Å². The van der Waals surface area contributed by atoms with Crippen LogP contribution in [-0.4, -0.2) is 77.8 Å². The Morgan fingerprint density at radius 3 is 2.53 bits per heavy atom. The molecule has 188 valence electrons. The maximum absolute atomic E-state index is 14.9. The SMILES string of the molecule is CO/N=C1/CN(c2nc3c(cc2F)c(=O)c(C(=O)O)cn3C2CC2)CC1CN.CS(=O)(=O)O.O. The third-order valence-corrected chi connectivity index (χ3v) is 5.17. The number of nitrogens with two attached hydrogens (primary N) is 1. The molecule has 0 radical (unpaired) electrons. The number of hydrogen-bond donors (Lipinski definition) is 3. The van der Waals surface area contributed by atoms with Gasteiger partial charge in [-0.05, 0) is 18.9 Å². The zero-order valence-electron chi connectivity index (χ0n) is 18.4. The smallest absolute Gasteiger partial charge is 0.341 e. The number of rotatable bonds is 5. The van der Waals surface area contributed by atoms with Crippen molar-refractivity contribution in [1.29, 1.82) is 0 Å². The molecular formula is C19H26FN5O8S. The van der Waals surface area contributed by atoms with E-state index >= 15 is 0 Å². The largest absolute Gasteiger partial charge is 0.477 e. The van der Waals surface area contributed by atoms with Gasteiger partial charge in [-0.2, -0.15) is 8.42 Å². The number of aromatic carboxylic acids is 1. The summed E-state index contributed by atoms with van der Waals surface area (Å²) in [6.07, 6.45) is 3.74. The van der Waals surface area contributed by atoms with Crippen LogP contribution in [0, 0.1) is 11.7 Å². The van der Waals surface area contributed by atoms with Gasteiger partial charge in [0.25, 0.3) is 10.1 Å². The minimum Gasteiger partial charge on any atom is -0.477 e. The molecule has 1 saturated carbocycles. The van der Waals surface area contributed by atoms with E-state index in [4.69, 9.17) is 15.1 Å². The summed E-state index contributed by atoms with van der Waals surface area (Å²) in [7, 11) is -2.23. The van der Waals surface area contributed by atoms with Crippen LogP contribution in [0.4, 0.5) is 10.2 Å². The summed E-state index contributed by atoms with van der Waals surface area (Å²) in [6, 6.07) is 1.14. The van der Waals surface area contributed by atoms with Gasteiger partial charge in [0.2, 0.25) is 5.43 Å². The van der Waals surface area contributed by atoms with Crippen molar-refractivity contribution in [2.45, 2.75) is 18.9 Å². The van der Waals surface area contributed by atoms with Crippen LogP contribution < -0.4 is 16.1 Å². The molecule has 0 bridgehead atoms. The predicted molar refractivity (Wildman–Crippen MR) is 121 cm³/mol. The Morgan fingerprint density at radius 1 is 1.41 bits per heavy atom. The molecule has 2 aromatic rings. The Labute approximate surface area is 193 Å². The van der Waals surface area contributed by atoms with Gasteiger partial charge in [-0.1, -0.05) is 5.16 Å². The van der Waals surface area contributed by atoms with E-state index in [-0.39, 0.29) is 39.9 Å². The molecule has 2 aliphatic rings. The molecule has 3 heterocycles. The molecule has 0 amide bonds. The van der Waals surface area contributed by atoms with Crippen molar-refractivity contribution >= 4 is 38.7 Å². The summed E-state index contributed by atoms with van der Waals surface area (Å²) in [5.41, 5.74) is 5.65. The van der Waals surface area contributed by atoms with Crippen LogP contribution in [0.3, 0.4) is 0 Å². The fourth-order valence-corrected chi connectivity index (χ4v) is 3.60. The Hall–Kier alpha value is -3.14. The van der Waals surface area contributed by atoms with Crippen molar-refractivity contribution in [3.63, 3.8) is 0 Å². The lowest BCUT2D eigenvalue weighted by atomic mass is 10.1. The number of nitrogens with zero attached hydrogens (tertiary/aromatic N) is 4. The van der Waals surface area contributed by atoms with E-state index in [1.54, 1.807) is 9.47 Å². The minimum absolute atomic E-state index is 0. The molecule has 1 saturated heterocycles. The molecule has 4 rings (SSSR count). The molecule has 2 fully saturated rings. The van der Waals surface area contributed by atoms with E-state index in [9.17, 15) is 27.5 Å². The first-order valence-electron chi connectivity index (χ1n) is 9.90. The fourth-order valence-electron chi connectivity index (χ4n) is 3.60. The van der Waals surface area contributed by atoms with Crippen molar-refractivity contribution in [3.05, 3.63) is 33.9 Å². The lowest BCUT2D eigenvalue weighted by Gasteiger charge is -2.19. The Morgan fingerprint density at radius 2 is 2.03 bits per heavy atom. The molecule has 1 aliphatic heterocycles. The van der Waals surface area contributed by atoms with Crippen molar-refractivity contribution in [3.8, 4) is 0 Å². The number of halogens is 1. The van der Waals surface area contributed by atoms with E-state index in [2.05, 4.69) is 10.1 Å². The maximum atomic E-state index is 14.9. The normalized spacial score (nSPS) is 18.9. The van der Waals surface area contributed by atoms with E-state index in [1.807, 2.05) is 0 Å². The second-order valence-corrected chi connectivity index (χ2v) is 9.26. The lowest BCUT2D eigenvalue weighted by Crippen LogP contribution is -2.26. The van der Waals surface area contributed by atoms with Gasteiger partial charge in [-0.15, -0.1) is 0 Å². The number of carbonyl (C=O) groups is 1. The first-order chi connectivity index (χ1) is 15.4. The summed E-state index contributed by atoms with van der Waals surface area (Å²) in [5, 5.41) is 13.2. The highest BCUT2D eigenvalue weighted by Crippen LogP contribution is 2.37. The number of hydrogen-bond acceptors (Lipinski definition) is 9. The number of anilines is 1. The molecule has 15 heteroatoms. The standard InChI is InChI=1S/C18H20FN5O4.CH4O3S.H2O/c1-28-22-14-8-23(6-9(14)5-20)17-13(19)4-11-15(25)12(18(26)27)7-24(10-2-3-10)16(11)21-17;1-5(2,3)4;/h4,7,9-10H,2-3,5-6,8,20H2,1H3,(H,26,27);1H3,(H,2,3,4);1H2/b22-14-;;. The van der Waals surface area contributed by atoms with Crippen molar-refractivity contribution in [1.82, 2.24) is 9.55 Å². The van der Waals surface area contributed by atoms with Gasteiger partial charge in [-0.3, -0.25) is 9.35 Å². The number of carboxylic acid groups (broad SMARTS) is 1. The van der Waals surface area contributed by atoms with Gasteiger partial charge in [0, 0.05) is 31.2 Å². The molecule has 13 nitrogen and oxygen atoms in total. The molecule has 2 aromatic heterocycles. The second-order valence-electron chi connectivity index (χ2n) is 7.79. The van der Waals surface area contributed by atoms with E-state index < -0.39 is 27.3 Å². The third kappa shape index (κ3) is 6.05. The van der Waals surface area contributed by atoms with Crippen LogP contribution in [0.2, 0.25) is 0 Å². The van der Waals surface area contributed by atoms with Gasteiger partial charge in [0.05, 0.1) is 23.9 Å². The topological polar surface area (TPSA) is 209 Å². The Balaban J connectivity index is 0.000000619. The van der Waals surface area contributed by atoms with Crippen molar-refractivity contribution < 1.29 is 37.6 Å². The first kappa shape index (κ1) is 27.1. The Kier molecular flexibility index (Phi) is 8.31. The molecule has 1 atom stereocenters. The summed E-state index contributed by atoms with van der Waals surface area (Å²) < 4.78 is 42.4. The molecule has 1 aliphatic carbocycles. The second kappa shape index (κ2) is 10.4.